The zero-order chi connectivity index (χ0) is 21.8. The fourth-order valence-corrected chi connectivity index (χ4v) is 2.59. The first-order chi connectivity index (χ1) is 13.8. The number of alkyl carbamates (subject to hydrolysis) is 1. The summed E-state index contributed by atoms with van der Waals surface area (Å²) in [7, 11) is 0. The molecular weight excluding hydrogens is 396 g/mol. The average molecular weight is 437 g/mol. The summed E-state index contributed by atoms with van der Waals surface area (Å²) in [6.45, 7) is 8.95. The van der Waals surface area contributed by atoms with Crippen LogP contribution in [0.15, 0.2) is 0 Å². The molecule has 0 aromatic rings. The van der Waals surface area contributed by atoms with Crippen LogP contribution < -0.4 is 10.6 Å². The van der Waals surface area contributed by atoms with Crippen molar-refractivity contribution in [2.24, 2.45) is 0 Å². The van der Waals surface area contributed by atoms with Crippen molar-refractivity contribution in [2.75, 3.05) is 45.5 Å². The highest BCUT2D eigenvalue weighted by molar-refractivity contribution is 6.17. The second kappa shape index (κ2) is 18.9. The number of carbonyl (C=O) groups excluding carboxylic acids is 2. The van der Waals surface area contributed by atoms with Gasteiger partial charge in [-0.15, -0.1) is 11.6 Å². The lowest BCUT2D eigenvalue weighted by Crippen LogP contribution is -2.41. The Hall–Kier alpha value is -1.05. The van der Waals surface area contributed by atoms with E-state index in [0.717, 1.165) is 57.4 Å². The summed E-state index contributed by atoms with van der Waals surface area (Å²) in [5.74, 6) is 0.756. The smallest absolute Gasteiger partial charge is 0.407 e. The Bertz CT molecular complexity index is 416. The van der Waals surface area contributed by atoms with Crippen LogP contribution in [0.4, 0.5) is 4.79 Å². The van der Waals surface area contributed by atoms with Crippen molar-refractivity contribution in [1.29, 1.82) is 0 Å². The second-order valence-corrected chi connectivity index (χ2v) is 8.38. The van der Waals surface area contributed by atoms with E-state index in [0.29, 0.717) is 39.4 Å². The summed E-state index contributed by atoms with van der Waals surface area (Å²) in [4.78, 5) is 23.2. The number of carbonyl (C=O) groups is 2. The maximum absolute atomic E-state index is 11.7. The van der Waals surface area contributed by atoms with Crippen LogP contribution in [0.3, 0.4) is 0 Å². The summed E-state index contributed by atoms with van der Waals surface area (Å²) in [6, 6.07) is 0. The maximum Gasteiger partial charge on any atom is 0.407 e. The molecular formula is C21H41ClN2O5. The van der Waals surface area contributed by atoms with E-state index in [1.807, 2.05) is 20.8 Å². The summed E-state index contributed by atoms with van der Waals surface area (Å²) in [5, 5.41) is 5.57. The van der Waals surface area contributed by atoms with Crippen LogP contribution in [0.1, 0.15) is 72.1 Å². The van der Waals surface area contributed by atoms with Crippen LogP contribution in [0.5, 0.6) is 0 Å². The van der Waals surface area contributed by atoms with Gasteiger partial charge in [0.15, 0.2) is 0 Å². The number of hydrogen-bond acceptors (Lipinski definition) is 5. The lowest BCUT2D eigenvalue weighted by molar-refractivity contribution is -0.121. The molecule has 0 saturated carbocycles. The van der Waals surface area contributed by atoms with Gasteiger partial charge in [0.1, 0.15) is 0 Å². The summed E-state index contributed by atoms with van der Waals surface area (Å²) in [6.07, 6.45) is 6.88. The van der Waals surface area contributed by atoms with Gasteiger partial charge in [-0.2, -0.15) is 0 Å². The first-order valence-corrected chi connectivity index (χ1v) is 11.3. The molecule has 0 aliphatic heterocycles. The molecule has 0 aromatic heterocycles. The van der Waals surface area contributed by atoms with Crippen molar-refractivity contribution >= 4 is 23.6 Å². The first-order valence-electron chi connectivity index (χ1n) is 10.8. The van der Waals surface area contributed by atoms with Gasteiger partial charge in [0.2, 0.25) is 5.91 Å². The van der Waals surface area contributed by atoms with Crippen molar-refractivity contribution < 1.29 is 23.8 Å². The van der Waals surface area contributed by atoms with Gasteiger partial charge in [0, 0.05) is 31.0 Å². The number of halogens is 1. The fourth-order valence-electron chi connectivity index (χ4n) is 2.40. The summed E-state index contributed by atoms with van der Waals surface area (Å²) in [5.41, 5.74) is -0.296. The topological polar surface area (TPSA) is 85.9 Å². The quantitative estimate of drug-likeness (QED) is 0.250. The van der Waals surface area contributed by atoms with E-state index in [4.69, 9.17) is 25.8 Å². The number of ether oxygens (including phenoxy) is 3. The highest BCUT2D eigenvalue weighted by Gasteiger charge is 2.14. The summed E-state index contributed by atoms with van der Waals surface area (Å²) >= 11 is 5.62. The Kier molecular flexibility index (Phi) is 18.3. The van der Waals surface area contributed by atoms with E-state index in [1.54, 1.807) is 0 Å². The van der Waals surface area contributed by atoms with Gasteiger partial charge in [-0.25, -0.2) is 4.79 Å². The van der Waals surface area contributed by atoms with Gasteiger partial charge in [-0.3, -0.25) is 4.79 Å². The van der Waals surface area contributed by atoms with E-state index >= 15 is 0 Å². The molecule has 0 bridgehead atoms. The second-order valence-electron chi connectivity index (χ2n) is 8.00. The Morgan fingerprint density at radius 3 is 2.10 bits per heavy atom. The number of hydrogen-bond donors (Lipinski definition) is 2. The van der Waals surface area contributed by atoms with E-state index in [2.05, 4.69) is 10.6 Å². The Labute approximate surface area is 181 Å². The zero-order valence-electron chi connectivity index (χ0n) is 18.5. The van der Waals surface area contributed by atoms with Crippen molar-refractivity contribution in [3.8, 4) is 0 Å². The van der Waals surface area contributed by atoms with E-state index in [-0.39, 0.29) is 11.4 Å². The molecule has 0 heterocycles. The van der Waals surface area contributed by atoms with Gasteiger partial charge in [0.25, 0.3) is 0 Å². The predicted octanol–water partition coefficient (Wildman–Crippen LogP) is 4.02. The molecule has 29 heavy (non-hydrogen) atoms. The molecule has 0 rings (SSSR count). The molecule has 0 saturated heterocycles. The molecule has 0 spiro atoms. The SMILES string of the molecule is CC(C)(C)NC(=O)OCCCCCC(=O)NCCOCCOCCCCCCCl. The van der Waals surface area contributed by atoms with Gasteiger partial charge in [-0.1, -0.05) is 12.8 Å². The largest absolute Gasteiger partial charge is 0.450 e. The number of amides is 2. The molecule has 0 fully saturated rings. The fraction of sp³-hybridized carbons (Fsp3) is 0.905. The normalized spacial score (nSPS) is 11.3. The highest BCUT2D eigenvalue weighted by Crippen LogP contribution is 2.03. The zero-order valence-corrected chi connectivity index (χ0v) is 19.3. The van der Waals surface area contributed by atoms with Gasteiger partial charge in [-0.05, 0) is 52.9 Å². The lowest BCUT2D eigenvalue weighted by Gasteiger charge is -2.19. The minimum Gasteiger partial charge on any atom is -0.450 e. The van der Waals surface area contributed by atoms with Crippen LogP contribution in [0.25, 0.3) is 0 Å². The first kappa shape index (κ1) is 27.9. The number of rotatable bonds is 18. The highest BCUT2D eigenvalue weighted by atomic mass is 35.5. The molecule has 0 aromatic carbocycles. The molecule has 2 amide bonds. The Morgan fingerprint density at radius 2 is 1.41 bits per heavy atom. The Balaban J connectivity index is 3.29. The third-order valence-corrected chi connectivity index (χ3v) is 4.14. The van der Waals surface area contributed by atoms with Crippen molar-refractivity contribution in [1.82, 2.24) is 10.6 Å². The standard InChI is InChI=1S/C21H41ClN2O5/c1-21(2,3)24-20(26)29-15-10-6-7-11-19(25)23-13-16-28-18-17-27-14-9-5-4-8-12-22/h4-18H2,1-3H3,(H,23,25)(H,24,26). The Morgan fingerprint density at radius 1 is 0.793 bits per heavy atom. The minimum atomic E-state index is -0.400. The molecule has 7 nitrogen and oxygen atoms in total. The molecule has 0 aliphatic carbocycles. The molecule has 172 valence electrons. The van der Waals surface area contributed by atoms with Crippen LogP contribution >= 0.6 is 11.6 Å². The number of alkyl halides is 1. The molecule has 2 N–H and O–H groups in total. The van der Waals surface area contributed by atoms with Crippen molar-refractivity contribution in [2.45, 2.75) is 77.7 Å². The summed E-state index contributed by atoms with van der Waals surface area (Å²) < 4.78 is 16.0. The lowest BCUT2D eigenvalue weighted by atomic mass is 10.1. The third-order valence-electron chi connectivity index (χ3n) is 3.87. The van der Waals surface area contributed by atoms with Crippen LogP contribution in [0.2, 0.25) is 0 Å². The molecule has 8 heteroatoms. The van der Waals surface area contributed by atoms with E-state index < -0.39 is 6.09 Å². The predicted molar refractivity (Wildman–Crippen MR) is 117 cm³/mol. The third kappa shape index (κ3) is 23.1. The molecule has 0 radical (unpaired) electrons. The minimum absolute atomic E-state index is 0.0215. The van der Waals surface area contributed by atoms with Crippen LogP contribution in [-0.2, 0) is 19.0 Å². The van der Waals surface area contributed by atoms with Crippen LogP contribution in [0, 0.1) is 0 Å². The monoisotopic (exact) mass is 436 g/mol. The molecule has 0 atom stereocenters. The number of unbranched alkanes of at least 4 members (excludes halogenated alkanes) is 5. The van der Waals surface area contributed by atoms with Crippen molar-refractivity contribution in [3.05, 3.63) is 0 Å². The van der Waals surface area contributed by atoms with Crippen molar-refractivity contribution in [3.63, 3.8) is 0 Å². The number of nitrogens with one attached hydrogen (secondary N) is 2. The maximum atomic E-state index is 11.7. The van der Waals surface area contributed by atoms with Gasteiger partial charge < -0.3 is 24.8 Å². The molecule has 0 unspecified atom stereocenters. The average Bonchev–Trinajstić information content (AvgIpc) is 2.64. The van der Waals surface area contributed by atoms with E-state index in [1.165, 1.54) is 0 Å². The van der Waals surface area contributed by atoms with E-state index in [9.17, 15) is 9.59 Å². The van der Waals surface area contributed by atoms with Gasteiger partial charge in [0.05, 0.1) is 26.4 Å². The molecule has 0 aliphatic rings. The van der Waals surface area contributed by atoms with Gasteiger partial charge >= 0.3 is 6.09 Å². The van der Waals surface area contributed by atoms with Crippen LogP contribution in [-0.4, -0.2) is 63.0 Å².